The molecule has 0 amide bonds. The highest BCUT2D eigenvalue weighted by atomic mass is 15.2. The lowest BCUT2D eigenvalue weighted by molar-refractivity contribution is 0.0596. The van der Waals surface area contributed by atoms with Gasteiger partial charge in [0.1, 0.15) is 0 Å². The zero-order valence-electron chi connectivity index (χ0n) is 59.8. The van der Waals surface area contributed by atoms with E-state index in [1.165, 1.54) is 154 Å². The van der Waals surface area contributed by atoms with Crippen LogP contribution in [0.4, 0.5) is 34.1 Å². The molecule has 4 aliphatic carbocycles. The molecule has 0 saturated carbocycles. The molecule has 20 rings (SSSR count). The topological polar surface area (TPSA) is 6.48 Å². The van der Waals surface area contributed by atoms with E-state index in [0.29, 0.717) is 0 Å². The molecule has 102 heavy (non-hydrogen) atoms. The highest BCUT2D eigenvalue weighted by Crippen LogP contribution is 2.77. The Bertz CT molecular complexity index is 5940. The second-order valence-corrected chi connectivity index (χ2v) is 32.7. The summed E-state index contributed by atoms with van der Waals surface area (Å²) in [6, 6.07) is 118. The van der Waals surface area contributed by atoms with Gasteiger partial charge in [-0.1, -0.05) is 312 Å². The number of nitrogens with zero attached hydrogens (tertiary/aromatic N) is 2. The van der Waals surface area contributed by atoms with E-state index >= 15 is 0 Å². The van der Waals surface area contributed by atoms with E-state index in [1.807, 2.05) is 0 Å². The molecule has 16 aromatic rings. The SMILES string of the molecule is CC1(C)c2ccccc2-c2ccc(N(c3ccc4ccccc4c3)c3cc4c(c5ccccc35)-c3c(ccc5ccccc35)C4(C(C)(C)C)C3(C(C)(C)C)c4ccc5ccccc5c4-c4c3cc(N(c3ccc5c(c3)C(C)(C)c3ccccc3-5)c3ccc5ccccc5c3)c3ccccc43)cc21. The molecule has 0 aromatic heterocycles. The molecule has 4 aliphatic rings. The molecule has 2 heteroatoms. The number of benzene rings is 16. The molecule has 0 aliphatic heterocycles. The van der Waals surface area contributed by atoms with Crippen LogP contribution in [-0.2, 0) is 21.7 Å². The van der Waals surface area contributed by atoms with Gasteiger partial charge in [-0.05, 0) is 214 Å². The van der Waals surface area contributed by atoms with Crippen LogP contribution in [0, 0.1) is 10.8 Å². The number of rotatable bonds is 7. The van der Waals surface area contributed by atoms with Gasteiger partial charge in [-0.3, -0.25) is 0 Å². The van der Waals surface area contributed by atoms with Crippen LogP contribution in [0.1, 0.15) is 114 Å². The van der Waals surface area contributed by atoms with E-state index in [9.17, 15) is 0 Å². The lowest BCUT2D eigenvalue weighted by Crippen LogP contribution is -2.62. The van der Waals surface area contributed by atoms with Crippen molar-refractivity contribution >= 4 is 98.8 Å². The summed E-state index contributed by atoms with van der Waals surface area (Å²) in [7, 11) is 0. The van der Waals surface area contributed by atoms with Crippen LogP contribution < -0.4 is 9.80 Å². The maximum atomic E-state index is 2.74. The lowest BCUT2D eigenvalue weighted by atomic mass is 9.39. The Morgan fingerprint density at radius 3 is 0.912 bits per heavy atom. The zero-order chi connectivity index (χ0) is 69.1. The summed E-state index contributed by atoms with van der Waals surface area (Å²) in [5.74, 6) is 0. The van der Waals surface area contributed by atoms with E-state index < -0.39 is 21.7 Å². The van der Waals surface area contributed by atoms with Gasteiger partial charge in [0.25, 0.3) is 0 Å². The Hall–Kier alpha value is -11.3. The van der Waals surface area contributed by atoms with Gasteiger partial charge in [-0.2, -0.15) is 0 Å². The summed E-state index contributed by atoms with van der Waals surface area (Å²) < 4.78 is 0. The van der Waals surface area contributed by atoms with Crippen molar-refractivity contribution in [1.29, 1.82) is 0 Å². The average molecular weight is 1310 g/mol. The van der Waals surface area contributed by atoms with Gasteiger partial charge in [0.05, 0.1) is 11.4 Å². The number of hydrogen-bond donors (Lipinski definition) is 0. The summed E-state index contributed by atoms with van der Waals surface area (Å²) in [6.07, 6.45) is 0. The van der Waals surface area contributed by atoms with Crippen molar-refractivity contribution in [2.45, 2.75) is 90.9 Å². The smallest absolute Gasteiger partial charge is 0.0543 e. The Morgan fingerprint density at radius 1 is 0.216 bits per heavy atom. The third-order valence-electron chi connectivity index (χ3n) is 24.9. The maximum absolute atomic E-state index is 2.74. The first-order valence-electron chi connectivity index (χ1n) is 36.6. The summed E-state index contributed by atoms with van der Waals surface area (Å²) in [6.45, 7) is 25.2. The minimum absolute atomic E-state index is 0.233. The van der Waals surface area contributed by atoms with Crippen LogP contribution in [0.25, 0.3) is 109 Å². The third kappa shape index (κ3) is 7.90. The summed E-state index contributed by atoms with van der Waals surface area (Å²) in [5, 5.41) is 14.8. The fraction of sp³-hybridized carbons (Fsp3) is 0.160. The first-order valence-corrected chi connectivity index (χ1v) is 36.6. The van der Waals surface area contributed by atoms with Gasteiger partial charge in [0.15, 0.2) is 0 Å². The molecule has 0 fully saturated rings. The van der Waals surface area contributed by atoms with Crippen molar-refractivity contribution in [1.82, 2.24) is 0 Å². The molecule has 0 bridgehead atoms. The van der Waals surface area contributed by atoms with Crippen molar-refractivity contribution in [3.05, 3.63) is 348 Å². The molecule has 2 nitrogen and oxygen atoms in total. The summed E-state index contributed by atoms with van der Waals surface area (Å²) in [5.41, 5.74) is 25.0. The normalized spacial score (nSPS) is 17.2. The highest BCUT2D eigenvalue weighted by molar-refractivity contribution is 6.19. The molecule has 0 N–H and O–H groups in total. The van der Waals surface area contributed by atoms with Crippen molar-refractivity contribution < 1.29 is 0 Å². The van der Waals surface area contributed by atoms with Crippen LogP contribution in [0.3, 0.4) is 0 Å². The standard InChI is InChI=1S/C100H80N2/c1-95(2,3)99(83-53-45-63-29-15-17-33-71(63)91(83)93-79-39-21-19-37-77(79)89(59-87(93)99)101(67-47-43-61-27-11-13-31-65(61)55-67)69-49-51-75-73-35-23-25-41-81(73)97(7,8)85(75)57-69)100(96(4,5)6)84-54-46-64-30-16-18-34-72(64)92(84)94-80-40-22-20-38-78(80)90(60-88(94)100)102(68-48-44-62-28-12-14-32-66(62)56-68)70-50-52-76-74-36-24-26-42-82(74)98(9,10)86(76)58-70/h11-60H,1-10H3. The molecule has 2 atom stereocenters. The number of fused-ring (bicyclic) bond motifs is 22. The predicted molar refractivity (Wildman–Crippen MR) is 434 cm³/mol. The average Bonchev–Trinajstić information content (AvgIpc) is 1.45. The first-order chi connectivity index (χ1) is 49.4. The Kier molecular flexibility index (Phi) is 12.6. The van der Waals surface area contributed by atoms with Crippen molar-refractivity contribution in [2.75, 3.05) is 9.80 Å². The van der Waals surface area contributed by atoms with Crippen LogP contribution >= 0.6 is 0 Å². The van der Waals surface area contributed by atoms with Crippen molar-refractivity contribution in [2.24, 2.45) is 10.8 Å². The predicted octanol–water partition coefficient (Wildman–Crippen LogP) is 27.5. The molecule has 490 valence electrons. The zero-order valence-corrected chi connectivity index (χ0v) is 59.8. The van der Waals surface area contributed by atoms with Crippen LogP contribution in [0.15, 0.2) is 303 Å². The second-order valence-electron chi connectivity index (χ2n) is 32.7. The summed E-state index contributed by atoms with van der Waals surface area (Å²) in [4.78, 5) is 5.28. The van der Waals surface area contributed by atoms with Gasteiger partial charge < -0.3 is 9.80 Å². The molecule has 0 saturated heterocycles. The fourth-order valence-electron chi connectivity index (χ4n) is 20.9. The van der Waals surface area contributed by atoms with Gasteiger partial charge in [-0.25, -0.2) is 0 Å². The summed E-state index contributed by atoms with van der Waals surface area (Å²) >= 11 is 0. The molecule has 2 unspecified atom stereocenters. The van der Waals surface area contributed by atoms with Crippen LogP contribution in [0.5, 0.6) is 0 Å². The van der Waals surface area contributed by atoms with Crippen LogP contribution in [-0.4, -0.2) is 0 Å². The minimum atomic E-state index is -0.832. The lowest BCUT2D eigenvalue weighted by Gasteiger charge is -2.62. The van der Waals surface area contributed by atoms with Gasteiger partial charge in [0.2, 0.25) is 0 Å². The van der Waals surface area contributed by atoms with E-state index in [-0.39, 0.29) is 10.8 Å². The molecule has 0 radical (unpaired) electrons. The quantitative estimate of drug-likeness (QED) is 0.157. The molecular formula is C100H80N2. The van der Waals surface area contributed by atoms with E-state index in [4.69, 9.17) is 0 Å². The van der Waals surface area contributed by atoms with Gasteiger partial charge >= 0.3 is 0 Å². The maximum Gasteiger partial charge on any atom is 0.0543 e. The Labute approximate surface area is 598 Å². The molecular weight excluding hydrogens is 1230 g/mol. The van der Waals surface area contributed by atoms with E-state index in [2.05, 4.69) is 382 Å². The third-order valence-corrected chi connectivity index (χ3v) is 24.9. The van der Waals surface area contributed by atoms with Crippen LogP contribution in [0.2, 0.25) is 0 Å². The molecule has 0 heterocycles. The number of hydrogen-bond acceptors (Lipinski definition) is 2. The van der Waals surface area contributed by atoms with Gasteiger partial charge in [0, 0.05) is 55.2 Å². The Balaban J connectivity index is 0.958. The number of anilines is 6. The van der Waals surface area contributed by atoms with Crippen molar-refractivity contribution in [3.8, 4) is 44.5 Å². The van der Waals surface area contributed by atoms with Crippen molar-refractivity contribution in [3.63, 3.8) is 0 Å². The Morgan fingerprint density at radius 2 is 0.510 bits per heavy atom. The highest BCUT2D eigenvalue weighted by Gasteiger charge is 2.71. The monoisotopic (exact) mass is 1310 g/mol. The van der Waals surface area contributed by atoms with E-state index in [0.717, 1.165) is 34.1 Å². The fourth-order valence-corrected chi connectivity index (χ4v) is 20.9. The molecule has 16 aromatic carbocycles. The second kappa shape index (κ2) is 21.1. The van der Waals surface area contributed by atoms with E-state index in [1.54, 1.807) is 0 Å². The largest absolute Gasteiger partial charge is 0.310 e. The first kappa shape index (κ1) is 60.6. The molecule has 0 spiro atoms. The minimum Gasteiger partial charge on any atom is -0.310 e. The van der Waals surface area contributed by atoms with Gasteiger partial charge in [-0.15, -0.1) is 0 Å².